The minimum atomic E-state index is -4.54. The predicted octanol–water partition coefficient (Wildman–Crippen LogP) is 3.30. The minimum Gasteiger partial charge on any atom is -0.423 e. The zero-order chi connectivity index (χ0) is 24.2. The van der Waals surface area contributed by atoms with E-state index in [4.69, 9.17) is 4.43 Å². The molecule has 0 radical (unpaired) electrons. The fraction of sp³-hybridized carbons (Fsp3) is 0.611. The van der Waals surface area contributed by atoms with Crippen LogP contribution in [0.4, 0.5) is 18.9 Å². The molecule has 0 saturated carbocycles. The molecule has 0 saturated heterocycles. The van der Waals surface area contributed by atoms with Crippen LogP contribution in [0.2, 0.25) is 44.8 Å². The topological polar surface area (TPSA) is 63.7 Å². The van der Waals surface area contributed by atoms with Crippen molar-refractivity contribution in [1.29, 1.82) is 0 Å². The summed E-state index contributed by atoms with van der Waals surface area (Å²) in [6.07, 6.45) is -6.03. The van der Waals surface area contributed by atoms with Gasteiger partial charge in [0.2, 0.25) is 5.91 Å². The molecule has 5 nitrogen and oxygen atoms in total. The van der Waals surface area contributed by atoms with Crippen LogP contribution < -0.4 is 10.1 Å². The van der Waals surface area contributed by atoms with E-state index in [1.54, 1.807) is 31.9 Å². The molecule has 1 amide bonds. The number of alkyl halides is 3. The standard InChI is InChI=1S/C18H32F3NO4Si5/c1-22(17(23)14-18(19,20)21)15-9-8-10-16(13-15)30(5,6)11-12-31(7,26-2)28(4)29(25)27(3)24/h8-10,13,28H,11-12,14H2,1-7H3. The van der Waals surface area contributed by atoms with Gasteiger partial charge in [0.1, 0.15) is 14.3 Å². The van der Waals surface area contributed by atoms with Crippen molar-refractivity contribution in [1.82, 2.24) is 0 Å². The van der Waals surface area contributed by atoms with Gasteiger partial charge in [-0.15, -0.1) is 0 Å². The molecule has 0 spiro atoms. The van der Waals surface area contributed by atoms with E-state index >= 15 is 0 Å². The minimum absolute atomic E-state index is 0.441. The van der Waals surface area contributed by atoms with Gasteiger partial charge in [-0.2, -0.15) is 13.2 Å². The summed E-state index contributed by atoms with van der Waals surface area (Å²) in [6.45, 7) is 10.0. The van der Waals surface area contributed by atoms with Gasteiger partial charge >= 0.3 is 22.1 Å². The molecule has 31 heavy (non-hydrogen) atoms. The fourth-order valence-corrected chi connectivity index (χ4v) is 45.1. The highest BCUT2D eigenvalue weighted by Gasteiger charge is 2.44. The summed E-state index contributed by atoms with van der Waals surface area (Å²) in [5.41, 5.74) is 0.441. The van der Waals surface area contributed by atoms with Crippen LogP contribution >= 0.6 is 0 Å². The van der Waals surface area contributed by atoms with Crippen molar-refractivity contribution in [3.05, 3.63) is 24.3 Å². The second kappa shape index (κ2) is 10.8. The molecule has 1 rings (SSSR count). The Bertz CT molecular complexity index is 837. The van der Waals surface area contributed by atoms with E-state index in [1.165, 1.54) is 7.05 Å². The van der Waals surface area contributed by atoms with Gasteiger partial charge < -0.3 is 18.2 Å². The van der Waals surface area contributed by atoms with Crippen LogP contribution in [0.1, 0.15) is 6.42 Å². The lowest BCUT2D eigenvalue weighted by Gasteiger charge is -2.33. The lowest BCUT2D eigenvalue weighted by atomic mass is 10.2. The van der Waals surface area contributed by atoms with Crippen LogP contribution in [0.25, 0.3) is 0 Å². The molecule has 0 aliphatic heterocycles. The maximum Gasteiger partial charge on any atom is 0.397 e. The van der Waals surface area contributed by atoms with Gasteiger partial charge in [0.15, 0.2) is 7.83 Å². The largest absolute Gasteiger partial charge is 0.423 e. The van der Waals surface area contributed by atoms with Crippen molar-refractivity contribution >= 4 is 56.4 Å². The van der Waals surface area contributed by atoms with Crippen molar-refractivity contribution in [3.63, 3.8) is 0 Å². The first-order valence-electron chi connectivity index (χ1n) is 10.1. The Morgan fingerprint density at radius 3 is 2.26 bits per heavy atom. The molecule has 174 valence electrons. The number of rotatable bonds is 10. The molecule has 2 unspecified atom stereocenters. The number of hydrogen-bond donors (Lipinski definition) is 0. The molecule has 2 atom stereocenters. The average molecular weight is 524 g/mol. The maximum absolute atomic E-state index is 12.6. The van der Waals surface area contributed by atoms with Crippen LogP contribution in [0.15, 0.2) is 24.3 Å². The summed E-state index contributed by atoms with van der Waals surface area (Å²) in [6, 6.07) is 8.84. The molecule has 0 N–H and O–H groups in total. The van der Waals surface area contributed by atoms with Gasteiger partial charge in [-0.1, -0.05) is 43.0 Å². The van der Waals surface area contributed by atoms with Crippen molar-refractivity contribution in [3.8, 4) is 0 Å². The Hall–Kier alpha value is -0.876. The Morgan fingerprint density at radius 1 is 1.19 bits per heavy atom. The molecular weight excluding hydrogens is 492 g/mol. The molecule has 1 aromatic carbocycles. The molecule has 0 aliphatic rings. The first-order chi connectivity index (χ1) is 14.0. The van der Waals surface area contributed by atoms with E-state index < -0.39 is 58.2 Å². The van der Waals surface area contributed by atoms with E-state index in [0.29, 0.717) is 5.69 Å². The third kappa shape index (κ3) is 7.89. The highest BCUT2D eigenvalue weighted by atomic mass is 29.8. The summed E-state index contributed by atoms with van der Waals surface area (Å²) < 4.78 is 68.1. The first kappa shape index (κ1) is 28.2. The lowest BCUT2D eigenvalue weighted by Crippen LogP contribution is -2.58. The summed E-state index contributed by atoms with van der Waals surface area (Å²) in [4.78, 5) is 13.0. The third-order valence-corrected chi connectivity index (χ3v) is 45.0. The highest BCUT2D eigenvalue weighted by Crippen LogP contribution is 2.26. The summed E-state index contributed by atoms with van der Waals surface area (Å²) >= 11 is 0. The molecule has 1 aromatic rings. The van der Waals surface area contributed by atoms with E-state index in [0.717, 1.165) is 22.2 Å². The van der Waals surface area contributed by atoms with Gasteiger partial charge in [-0.3, -0.25) is 4.79 Å². The third-order valence-electron chi connectivity index (χ3n) is 6.11. The van der Waals surface area contributed by atoms with Crippen molar-refractivity contribution < 1.29 is 31.3 Å². The molecule has 13 heteroatoms. The monoisotopic (exact) mass is 523 g/mol. The molecule has 0 bridgehead atoms. The number of hydrogen-bond acceptors (Lipinski definition) is 4. The van der Waals surface area contributed by atoms with Gasteiger partial charge in [-0.05, 0) is 31.3 Å². The van der Waals surface area contributed by atoms with Crippen LogP contribution in [0, 0.1) is 0 Å². The zero-order valence-corrected chi connectivity index (χ0v) is 24.4. The Morgan fingerprint density at radius 2 is 1.77 bits per heavy atom. The fourth-order valence-electron chi connectivity index (χ4n) is 3.35. The van der Waals surface area contributed by atoms with E-state index in [1.807, 2.05) is 12.6 Å². The van der Waals surface area contributed by atoms with Gasteiger partial charge in [-0.25, -0.2) is 0 Å². The van der Waals surface area contributed by atoms with Crippen molar-refractivity contribution in [2.45, 2.75) is 57.4 Å². The van der Waals surface area contributed by atoms with Crippen LogP contribution in [0.3, 0.4) is 0 Å². The van der Waals surface area contributed by atoms with E-state index in [2.05, 4.69) is 19.6 Å². The predicted molar refractivity (Wildman–Crippen MR) is 128 cm³/mol. The zero-order valence-electron chi connectivity index (χ0n) is 19.2. The maximum atomic E-state index is 12.6. The van der Waals surface area contributed by atoms with Gasteiger partial charge in [0.05, 0.1) is 8.07 Å². The number of amides is 1. The first-order valence-corrected chi connectivity index (χ1v) is 25.0. The summed E-state index contributed by atoms with van der Waals surface area (Å²) in [7, 11) is -7.11. The lowest BCUT2D eigenvalue weighted by molar-refractivity contribution is -0.151. The van der Waals surface area contributed by atoms with Crippen LogP contribution in [-0.4, -0.2) is 65.9 Å². The number of benzene rings is 1. The number of anilines is 1. The highest BCUT2D eigenvalue weighted by molar-refractivity contribution is 7.61. The molecule has 0 fully saturated rings. The Balaban J connectivity index is 3.04. The Kier molecular flexibility index (Phi) is 9.84. The summed E-state index contributed by atoms with van der Waals surface area (Å²) in [5.74, 6) is -0.997. The molecular formula is C18H32F3NO4Si5. The second-order valence-corrected chi connectivity index (χ2v) is 38.0. The smallest absolute Gasteiger partial charge is 0.397 e. The van der Waals surface area contributed by atoms with E-state index in [9.17, 15) is 26.9 Å². The average Bonchev–Trinajstić information content (AvgIpc) is 2.69. The number of carbonyl (C=O) groups is 1. The van der Waals surface area contributed by atoms with Crippen LogP contribution in [0.5, 0.6) is 0 Å². The Labute approximate surface area is 188 Å². The quantitative estimate of drug-likeness (QED) is 0.442. The molecule has 0 heterocycles. The molecule has 0 aromatic heterocycles. The van der Waals surface area contributed by atoms with Crippen molar-refractivity contribution in [2.24, 2.45) is 0 Å². The van der Waals surface area contributed by atoms with Crippen LogP contribution in [-0.2, 0) is 18.1 Å². The van der Waals surface area contributed by atoms with Gasteiger partial charge in [0, 0.05) is 19.8 Å². The number of nitrogens with zero attached hydrogens (tertiary/aromatic N) is 1. The number of carbonyl (C=O) groups excluding carboxylic acids is 1. The molecule has 0 aliphatic carbocycles. The van der Waals surface area contributed by atoms with Gasteiger partial charge in [0.25, 0.3) is 0 Å². The second-order valence-electron chi connectivity index (χ2n) is 8.84. The normalized spacial score (nSPS) is 15.2. The SMILES string of the molecule is CO[Si](C)(CC[Si](C)(C)c1cccc(N(C)C(=O)CC(F)(F)F)c1)[SiH](C)[Si](=O)[Si](C)=O. The van der Waals surface area contributed by atoms with Crippen molar-refractivity contribution in [2.75, 3.05) is 19.1 Å². The summed E-state index contributed by atoms with van der Waals surface area (Å²) in [5, 5.41) is 1.04. The van der Waals surface area contributed by atoms with E-state index in [-0.39, 0.29) is 0 Å². The number of halogens is 3.